The van der Waals surface area contributed by atoms with E-state index in [2.05, 4.69) is 38.5 Å². The van der Waals surface area contributed by atoms with Crippen LogP contribution >= 0.6 is 38.5 Å². The van der Waals surface area contributed by atoms with Crippen molar-refractivity contribution < 1.29 is 8.81 Å². The summed E-state index contributed by atoms with van der Waals surface area (Å²) in [4.78, 5) is 11.9. The first-order valence-corrected chi connectivity index (χ1v) is 7.64. The molecule has 0 N–H and O–H groups in total. The van der Waals surface area contributed by atoms with E-state index >= 15 is 0 Å². The number of hydrogen-bond acceptors (Lipinski definition) is 2. The highest BCUT2D eigenvalue weighted by Gasteiger charge is 2.12. The van der Waals surface area contributed by atoms with Crippen LogP contribution in [-0.2, 0) is 6.54 Å². The Labute approximate surface area is 135 Å². The molecule has 0 aliphatic rings. The first kappa shape index (κ1) is 13.8. The number of hydrogen-bond donors (Lipinski definition) is 0. The maximum Gasteiger partial charge on any atom is 0.420 e. The van der Waals surface area contributed by atoms with Gasteiger partial charge in [0.15, 0.2) is 5.58 Å². The third-order valence-electron chi connectivity index (χ3n) is 2.97. The maximum absolute atomic E-state index is 13.9. The van der Waals surface area contributed by atoms with Crippen molar-refractivity contribution in [3.8, 4) is 0 Å². The van der Waals surface area contributed by atoms with Gasteiger partial charge < -0.3 is 4.42 Å². The van der Waals surface area contributed by atoms with E-state index in [1.54, 1.807) is 18.2 Å². The molecule has 3 aromatic rings. The lowest BCUT2D eigenvalue weighted by Gasteiger charge is -2.05. The molecule has 0 aliphatic heterocycles. The highest BCUT2D eigenvalue weighted by Crippen LogP contribution is 2.20. The normalized spacial score (nSPS) is 11.2. The van der Waals surface area contributed by atoms with Crippen LogP contribution in [0.3, 0.4) is 0 Å². The molecule has 3 rings (SSSR count). The minimum Gasteiger partial charge on any atom is -0.408 e. The summed E-state index contributed by atoms with van der Waals surface area (Å²) >= 11 is 5.37. The van der Waals surface area contributed by atoms with Gasteiger partial charge in [-0.05, 0) is 52.9 Å². The summed E-state index contributed by atoms with van der Waals surface area (Å²) in [6, 6.07) is 10.2. The van der Waals surface area contributed by atoms with Gasteiger partial charge in [-0.3, -0.25) is 4.57 Å². The fourth-order valence-electron chi connectivity index (χ4n) is 2.01. The minimum atomic E-state index is -0.482. The Kier molecular flexibility index (Phi) is 3.68. The van der Waals surface area contributed by atoms with E-state index in [1.165, 1.54) is 10.6 Å². The van der Waals surface area contributed by atoms with E-state index in [0.717, 1.165) is 3.57 Å². The standard InChI is InChI=1S/C14H8BrFINO2/c15-9-2-1-8(11(16)5-9)7-18-12-6-10(17)3-4-13(12)20-14(18)19/h1-6H,7H2. The lowest BCUT2D eigenvalue weighted by Crippen LogP contribution is -2.15. The van der Waals surface area contributed by atoms with Crippen molar-refractivity contribution in [3.63, 3.8) is 0 Å². The summed E-state index contributed by atoms with van der Waals surface area (Å²) in [6.45, 7) is 0.144. The fraction of sp³-hybridized carbons (Fsp3) is 0.0714. The summed E-state index contributed by atoms with van der Waals surface area (Å²) < 4.78 is 22.1. The van der Waals surface area contributed by atoms with Crippen LogP contribution in [0.1, 0.15) is 5.56 Å². The molecule has 6 heteroatoms. The molecule has 0 saturated heterocycles. The van der Waals surface area contributed by atoms with Gasteiger partial charge in [0.1, 0.15) is 5.82 Å². The topological polar surface area (TPSA) is 35.1 Å². The highest BCUT2D eigenvalue weighted by atomic mass is 127. The van der Waals surface area contributed by atoms with Crippen LogP contribution in [0.25, 0.3) is 11.1 Å². The predicted molar refractivity (Wildman–Crippen MR) is 86.4 cm³/mol. The molecule has 0 spiro atoms. The van der Waals surface area contributed by atoms with Gasteiger partial charge in [0.05, 0.1) is 12.1 Å². The number of fused-ring (bicyclic) bond motifs is 1. The van der Waals surface area contributed by atoms with Gasteiger partial charge in [0.2, 0.25) is 0 Å². The zero-order valence-corrected chi connectivity index (χ0v) is 13.8. The number of aromatic nitrogens is 1. The van der Waals surface area contributed by atoms with E-state index in [9.17, 15) is 9.18 Å². The van der Waals surface area contributed by atoms with Gasteiger partial charge in [-0.25, -0.2) is 9.18 Å². The second-order valence-electron chi connectivity index (χ2n) is 4.30. The zero-order chi connectivity index (χ0) is 14.3. The van der Waals surface area contributed by atoms with Gasteiger partial charge in [-0.2, -0.15) is 0 Å². The first-order valence-electron chi connectivity index (χ1n) is 5.77. The van der Waals surface area contributed by atoms with Crippen molar-refractivity contribution in [2.24, 2.45) is 0 Å². The van der Waals surface area contributed by atoms with E-state index in [0.29, 0.717) is 21.1 Å². The molecule has 102 valence electrons. The molecule has 0 fully saturated rings. The zero-order valence-electron chi connectivity index (χ0n) is 10.1. The molecule has 0 amide bonds. The Morgan fingerprint density at radius 1 is 1.25 bits per heavy atom. The molecule has 0 aliphatic carbocycles. The molecule has 0 bridgehead atoms. The van der Waals surface area contributed by atoms with Crippen molar-refractivity contribution in [2.75, 3.05) is 0 Å². The third kappa shape index (κ3) is 2.54. The molecule has 0 saturated carbocycles. The van der Waals surface area contributed by atoms with Crippen LogP contribution in [0.4, 0.5) is 4.39 Å². The highest BCUT2D eigenvalue weighted by molar-refractivity contribution is 14.1. The molecule has 0 atom stereocenters. The third-order valence-corrected chi connectivity index (χ3v) is 4.14. The Bertz CT molecular complexity index is 856. The summed E-state index contributed by atoms with van der Waals surface area (Å²) in [5, 5.41) is 0. The van der Waals surface area contributed by atoms with Crippen molar-refractivity contribution in [1.29, 1.82) is 0 Å². The Balaban J connectivity index is 2.12. The Hall–Kier alpha value is -1.15. The minimum absolute atomic E-state index is 0.144. The average molecular weight is 448 g/mol. The van der Waals surface area contributed by atoms with E-state index in [4.69, 9.17) is 4.42 Å². The summed E-state index contributed by atoms with van der Waals surface area (Å²) in [5.74, 6) is -0.837. The molecule has 3 nitrogen and oxygen atoms in total. The van der Waals surface area contributed by atoms with Crippen molar-refractivity contribution in [1.82, 2.24) is 4.57 Å². The SMILES string of the molecule is O=c1oc2ccc(I)cc2n1Cc1ccc(Br)cc1F. The molecule has 2 aromatic carbocycles. The number of halogens is 3. The van der Waals surface area contributed by atoms with Crippen LogP contribution in [0, 0.1) is 9.39 Å². The van der Waals surface area contributed by atoms with Gasteiger partial charge in [-0.15, -0.1) is 0 Å². The lowest BCUT2D eigenvalue weighted by atomic mass is 10.2. The smallest absolute Gasteiger partial charge is 0.408 e. The van der Waals surface area contributed by atoms with E-state index in [1.807, 2.05) is 12.1 Å². The first-order chi connectivity index (χ1) is 9.54. The number of benzene rings is 2. The van der Waals surface area contributed by atoms with Gasteiger partial charge in [-0.1, -0.05) is 22.0 Å². The Morgan fingerprint density at radius 3 is 2.80 bits per heavy atom. The van der Waals surface area contributed by atoms with Crippen molar-refractivity contribution in [3.05, 3.63) is 66.4 Å². The fourth-order valence-corrected chi connectivity index (χ4v) is 2.81. The number of rotatable bonds is 2. The molecule has 0 radical (unpaired) electrons. The second-order valence-corrected chi connectivity index (χ2v) is 6.46. The van der Waals surface area contributed by atoms with Crippen molar-refractivity contribution in [2.45, 2.75) is 6.54 Å². The number of nitrogens with zero attached hydrogens (tertiary/aromatic N) is 1. The van der Waals surface area contributed by atoms with Crippen molar-refractivity contribution >= 4 is 49.6 Å². The predicted octanol–water partition coefficient (Wildman–Crippen LogP) is 4.15. The molecular formula is C14H8BrFINO2. The second kappa shape index (κ2) is 5.33. The van der Waals surface area contributed by atoms with Crippen LogP contribution < -0.4 is 5.76 Å². The average Bonchev–Trinajstić information content (AvgIpc) is 2.69. The van der Waals surface area contributed by atoms with Gasteiger partial charge >= 0.3 is 5.76 Å². The summed E-state index contributed by atoms with van der Waals surface area (Å²) in [7, 11) is 0. The molecule has 0 unspecified atom stereocenters. The van der Waals surface area contributed by atoms with E-state index < -0.39 is 5.76 Å². The summed E-state index contributed by atoms with van der Waals surface area (Å²) in [5.41, 5.74) is 1.62. The molecule has 1 aromatic heterocycles. The summed E-state index contributed by atoms with van der Waals surface area (Å²) in [6.07, 6.45) is 0. The largest absolute Gasteiger partial charge is 0.420 e. The quantitative estimate of drug-likeness (QED) is 0.553. The van der Waals surface area contributed by atoms with Gasteiger partial charge in [0, 0.05) is 13.6 Å². The monoisotopic (exact) mass is 447 g/mol. The van der Waals surface area contributed by atoms with E-state index in [-0.39, 0.29) is 12.4 Å². The molecule has 20 heavy (non-hydrogen) atoms. The molecule has 1 heterocycles. The van der Waals surface area contributed by atoms with Crippen LogP contribution in [0.2, 0.25) is 0 Å². The lowest BCUT2D eigenvalue weighted by molar-refractivity contribution is 0.512. The molecular weight excluding hydrogens is 440 g/mol. The maximum atomic E-state index is 13.9. The Morgan fingerprint density at radius 2 is 2.05 bits per heavy atom. The van der Waals surface area contributed by atoms with Crippen LogP contribution in [-0.4, -0.2) is 4.57 Å². The van der Waals surface area contributed by atoms with Crippen LogP contribution in [0.5, 0.6) is 0 Å². The van der Waals surface area contributed by atoms with Gasteiger partial charge in [0.25, 0.3) is 0 Å². The number of oxazole rings is 1. The van der Waals surface area contributed by atoms with Crippen LogP contribution in [0.15, 0.2) is 50.1 Å².